The van der Waals surface area contributed by atoms with Crippen molar-refractivity contribution in [2.75, 3.05) is 0 Å². The van der Waals surface area contributed by atoms with Crippen molar-refractivity contribution < 1.29 is 8.81 Å². The van der Waals surface area contributed by atoms with Crippen LogP contribution in [0.15, 0.2) is 52.9 Å². The number of fused-ring (bicyclic) bond motifs is 2. The second-order valence-corrected chi connectivity index (χ2v) is 5.77. The summed E-state index contributed by atoms with van der Waals surface area (Å²) in [5, 5.41) is 0.774. The van der Waals surface area contributed by atoms with E-state index in [1.165, 1.54) is 17.2 Å². The lowest BCUT2D eigenvalue weighted by atomic mass is 9.95. The van der Waals surface area contributed by atoms with E-state index in [0.717, 1.165) is 18.2 Å². The Bertz CT molecular complexity index is 783. The second kappa shape index (κ2) is 4.71. The number of halogens is 1. The molecule has 2 aromatic carbocycles. The molecule has 0 aliphatic heterocycles. The van der Waals surface area contributed by atoms with Gasteiger partial charge in [0.2, 0.25) is 0 Å². The average Bonchev–Trinajstić information content (AvgIpc) is 3.11. The van der Waals surface area contributed by atoms with E-state index in [4.69, 9.17) is 10.2 Å². The van der Waals surface area contributed by atoms with Crippen LogP contribution >= 0.6 is 0 Å². The average molecular weight is 281 g/mol. The molecule has 0 fully saturated rings. The quantitative estimate of drug-likeness (QED) is 0.771. The predicted molar refractivity (Wildman–Crippen MR) is 80.4 cm³/mol. The van der Waals surface area contributed by atoms with Crippen LogP contribution < -0.4 is 5.73 Å². The van der Waals surface area contributed by atoms with Crippen LogP contribution in [-0.2, 0) is 12.8 Å². The summed E-state index contributed by atoms with van der Waals surface area (Å²) in [6.45, 7) is 0. The third-order valence-electron chi connectivity index (χ3n) is 4.43. The normalized spacial score (nSPS) is 16.3. The molecule has 4 rings (SSSR count). The molecule has 3 aromatic rings. The van der Waals surface area contributed by atoms with Gasteiger partial charge in [-0.2, -0.15) is 0 Å². The van der Waals surface area contributed by atoms with Crippen molar-refractivity contribution in [2.45, 2.75) is 18.9 Å². The van der Waals surface area contributed by atoms with Crippen LogP contribution in [0.4, 0.5) is 4.39 Å². The first-order chi connectivity index (χ1) is 10.2. The van der Waals surface area contributed by atoms with Crippen molar-refractivity contribution in [2.24, 2.45) is 11.7 Å². The zero-order chi connectivity index (χ0) is 14.4. The maximum Gasteiger partial charge on any atom is 0.169 e. The summed E-state index contributed by atoms with van der Waals surface area (Å²) in [5.74, 6) is 0.652. The minimum atomic E-state index is -0.333. The smallest absolute Gasteiger partial charge is 0.169 e. The number of para-hydroxylation sites is 1. The third kappa shape index (κ3) is 2.05. The maximum atomic E-state index is 13.7. The van der Waals surface area contributed by atoms with Crippen LogP contribution in [0.1, 0.15) is 22.9 Å². The molecule has 0 radical (unpaired) electrons. The van der Waals surface area contributed by atoms with E-state index in [1.54, 1.807) is 6.07 Å². The van der Waals surface area contributed by atoms with Crippen LogP contribution in [-0.4, -0.2) is 0 Å². The first-order valence-electron chi connectivity index (χ1n) is 7.22. The summed E-state index contributed by atoms with van der Waals surface area (Å²) < 4.78 is 19.4. The van der Waals surface area contributed by atoms with Crippen molar-refractivity contribution in [1.82, 2.24) is 0 Å². The fourth-order valence-corrected chi connectivity index (χ4v) is 3.29. The standard InChI is InChI=1S/C18H16FNO/c19-15-7-3-6-13-10-16(21-18(13)15)17(20)14-8-11-4-1-2-5-12(11)9-14/h1-7,10,14,17H,8-9,20H2. The fraction of sp³-hybridized carbons (Fsp3) is 0.222. The van der Waals surface area contributed by atoms with Gasteiger partial charge in [-0.25, -0.2) is 4.39 Å². The molecule has 1 aliphatic rings. The number of hydrogen-bond donors (Lipinski definition) is 1. The minimum Gasteiger partial charge on any atom is -0.456 e. The lowest BCUT2D eigenvalue weighted by Gasteiger charge is -2.16. The van der Waals surface area contributed by atoms with Gasteiger partial charge < -0.3 is 10.2 Å². The van der Waals surface area contributed by atoms with E-state index in [1.807, 2.05) is 12.1 Å². The topological polar surface area (TPSA) is 39.2 Å². The van der Waals surface area contributed by atoms with Gasteiger partial charge in [-0.1, -0.05) is 36.4 Å². The molecule has 0 spiro atoms. The lowest BCUT2D eigenvalue weighted by Crippen LogP contribution is -2.21. The van der Waals surface area contributed by atoms with Crippen LogP contribution in [0.2, 0.25) is 0 Å². The van der Waals surface area contributed by atoms with Gasteiger partial charge in [-0.3, -0.25) is 0 Å². The fourth-order valence-electron chi connectivity index (χ4n) is 3.29. The summed E-state index contributed by atoms with van der Waals surface area (Å²) in [7, 11) is 0. The number of nitrogens with two attached hydrogens (primary N) is 1. The molecule has 0 saturated heterocycles. The maximum absolute atomic E-state index is 13.7. The predicted octanol–water partition coefficient (Wildman–Crippen LogP) is 3.99. The molecule has 21 heavy (non-hydrogen) atoms. The van der Waals surface area contributed by atoms with Gasteiger partial charge in [0.1, 0.15) is 5.76 Å². The highest BCUT2D eigenvalue weighted by atomic mass is 19.1. The second-order valence-electron chi connectivity index (χ2n) is 5.77. The van der Waals surface area contributed by atoms with Gasteiger partial charge in [-0.15, -0.1) is 0 Å². The molecule has 1 aliphatic carbocycles. The van der Waals surface area contributed by atoms with Gasteiger partial charge in [-0.05, 0) is 42.0 Å². The van der Waals surface area contributed by atoms with Gasteiger partial charge >= 0.3 is 0 Å². The number of hydrogen-bond acceptors (Lipinski definition) is 2. The summed E-state index contributed by atoms with van der Waals surface area (Å²) in [5.41, 5.74) is 9.40. The Hall–Kier alpha value is -2.13. The molecule has 0 amide bonds. The van der Waals surface area contributed by atoms with E-state index in [2.05, 4.69) is 24.3 Å². The lowest BCUT2D eigenvalue weighted by molar-refractivity contribution is 0.382. The minimum absolute atomic E-state index is 0.204. The number of rotatable bonds is 2. The molecule has 0 bridgehead atoms. The molecule has 106 valence electrons. The Balaban J connectivity index is 1.66. The largest absolute Gasteiger partial charge is 0.456 e. The Morgan fingerprint density at radius 1 is 1.05 bits per heavy atom. The first kappa shape index (κ1) is 12.6. The van der Waals surface area contributed by atoms with Crippen LogP contribution in [0, 0.1) is 11.7 Å². The van der Waals surface area contributed by atoms with E-state index >= 15 is 0 Å². The molecule has 0 saturated carbocycles. The van der Waals surface area contributed by atoms with E-state index in [9.17, 15) is 4.39 Å². The molecule has 3 heteroatoms. The highest BCUT2D eigenvalue weighted by Crippen LogP contribution is 2.36. The number of furan rings is 1. The van der Waals surface area contributed by atoms with E-state index in [0.29, 0.717) is 17.3 Å². The van der Waals surface area contributed by atoms with Crippen molar-refractivity contribution >= 4 is 11.0 Å². The van der Waals surface area contributed by atoms with Crippen molar-refractivity contribution in [3.63, 3.8) is 0 Å². The summed E-state index contributed by atoms with van der Waals surface area (Å²) >= 11 is 0. The molecular formula is C18H16FNO. The molecule has 2 N–H and O–H groups in total. The number of benzene rings is 2. The Labute approximate surface area is 122 Å². The molecule has 1 unspecified atom stereocenters. The van der Waals surface area contributed by atoms with Crippen molar-refractivity contribution in [3.8, 4) is 0 Å². The highest BCUT2D eigenvalue weighted by Gasteiger charge is 2.29. The highest BCUT2D eigenvalue weighted by molar-refractivity contribution is 5.78. The zero-order valence-corrected chi connectivity index (χ0v) is 11.6. The van der Waals surface area contributed by atoms with E-state index < -0.39 is 0 Å². The molecular weight excluding hydrogens is 265 g/mol. The van der Waals surface area contributed by atoms with E-state index in [-0.39, 0.29) is 11.9 Å². The van der Waals surface area contributed by atoms with Gasteiger partial charge in [0.05, 0.1) is 6.04 Å². The monoisotopic (exact) mass is 281 g/mol. The van der Waals surface area contributed by atoms with Gasteiger partial charge in [0, 0.05) is 5.39 Å². The Kier molecular flexibility index (Phi) is 2.82. The summed E-state index contributed by atoms with van der Waals surface area (Å²) in [4.78, 5) is 0. The first-order valence-corrected chi connectivity index (χ1v) is 7.22. The molecule has 1 aromatic heterocycles. The van der Waals surface area contributed by atoms with Crippen LogP contribution in [0.3, 0.4) is 0 Å². The van der Waals surface area contributed by atoms with Crippen LogP contribution in [0.5, 0.6) is 0 Å². The van der Waals surface area contributed by atoms with Gasteiger partial charge in [0.25, 0.3) is 0 Å². The summed E-state index contributed by atoms with van der Waals surface area (Å²) in [6, 6.07) is 15.0. The van der Waals surface area contributed by atoms with Crippen molar-refractivity contribution in [1.29, 1.82) is 0 Å². The zero-order valence-electron chi connectivity index (χ0n) is 11.6. The van der Waals surface area contributed by atoms with Crippen LogP contribution in [0.25, 0.3) is 11.0 Å². The third-order valence-corrected chi connectivity index (χ3v) is 4.43. The SMILES string of the molecule is NC(c1cc2cccc(F)c2o1)C1Cc2ccccc2C1. The Morgan fingerprint density at radius 3 is 2.43 bits per heavy atom. The molecule has 1 atom stereocenters. The Morgan fingerprint density at radius 2 is 1.76 bits per heavy atom. The molecule has 2 nitrogen and oxygen atoms in total. The van der Waals surface area contributed by atoms with Gasteiger partial charge in [0.15, 0.2) is 11.4 Å². The molecule has 1 heterocycles. The summed E-state index contributed by atoms with van der Waals surface area (Å²) in [6.07, 6.45) is 1.91. The van der Waals surface area contributed by atoms with Crippen molar-refractivity contribution in [3.05, 3.63) is 71.2 Å².